The minimum atomic E-state index is 0.0112. The predicted molar refractivity (Wildman–Crippen MR) is 129 cm³/mol. The zero-order valence-corrected chi connectivity index (χ0v) is 19.3. The van der Waals surface area contributed by atoms with E-state index < -0.39 is 0 Å². The molecule has 0 aliphatic rings. The molecule has 0 atom stereocenters. The highest BCUT2D eigenvalue weighted by molar-refractivity contribution is 9.10. The Bertz CT molecular complexity index is 1320. The largest absolute Gasteiger partial charge is 0.361 e. The summed E-state index contributed by atoms with van der Waals surface area (Å²) in [4.78, 5) is 18.6. The summed E-state index contributed by atoms with van der Waals surface area (Å²) in [6.07, 6.45) is 4.19. The number of fused-ring (bicyclic) bond motifs is 2. The van der Waals surface area contributed by atoms with Crippen LogP contribution in [-0.4, -0.2) is 15.8 Å². The van der Waals surface area contributed by atoms with Crippen LogP contribution in [0.3, 0.4) is 0 Å². The number of halogens is 2. The smallest absolute Gasteiger partial charge is 0.159 e. The summed E-state index contributed by atoms with van der Waals surface area (Å²) in [5.74, 6) is 0.0854. The SMILES string of the molecule is CC(=O)c1ccc(C(c2c[nH]c3ccc(Br)cc23)c2c[nH]c3ccc(Br)cc23)cc1. The van der Waals surface area contributed by atoms with Crippen molar-refractivity contribution in [2.75, 3.05) is 0 Å². The van der Waals surface area contributed by atoms with Gasteiger partial charge in [0, 0.05) is 54.6 Å². The molecule has 0 spiro atoms. The van der Waals surface area contributed by atoms with Crippen molar-refractivity contribution in [3.8, 4) is 0 Å². The Labute approximate surface area is 190 Å². The molecule has 5 rings (SSSR count). The summed E-state index contributed by atoms with van der Waals surface area (Å²) in [6, 6.07) is 20.5. The standard InChI is InChI=1S/C25H18Br2N2O/c1-14(30)15-2-4-16(5-3-15)25(21-12-28-23-8-6-17(26)10-19(21)23)22-13-29-24-9-7-18(27)11-20(22)24/h2-13,25,28-29H,1H3. The number of aromatic amines is 2. The van der Waals surface area contributed by atoms with Crippen LogP contribution in [0.1, 0.15) is 39.9 Å². The maximum atomic E-state index is 11.8. The van der Waals surface area contributed by atoms with E-state index in [1.807, 2.05) is 24.3 Å². The quantitative estimate of drug-likeness (QED) is 0.235. The average molecular weight is 522 g/mol. The lowest BCUT2D eigenvalue weighted by atomic mass is 9.84. The van der Waals surface area contributed by atoms with E-state index in [1.54, 1.807) is 6.92 Å². The Hall–Kier alpha value is -2.63. The van der Waals surface area contributed by atoms with E-state index in [-0.39, 0.29) is 11.7 Å². The van der Waals surface area contributed by atoms with Crippen molar-refractivity contribution in [1.29, 1.82) is 0 Å². The molecule has 148 valence electrons. The van der Waals surface area contributed by atoms with Crippen LogP contribution in [0.4, 0.5) is 0 Å². The van der Waals surface area contributed by atoms with Gasteiger partial charge in [0.15, 0.2) is 5.78 Å². The number of ketones is 1. The summed E-state index contributed by atoms with van der Waals surface area (Å²) < 4.78 is 2.09. The van der Waals surface area contributed by atoms with Gasteiger partial charge in [0.05, 0.1) is 0 Å². The third-order valence-electron chi connectivity index (χ3n) is 5.62. The Morgan fingerprint density at radius 3 is 1.73 bits per heavy atom. The lowest BCUT2D eigenvalue weighted by molar-refractivity contribution is 0.101. The van der Waals surface area contributed by atoms with Crippen molar-refractivity contribution in [3.05, 3.63) is 104 Å². The molecule has 2 heterocycles. The topological polar surface area (TPSA) is 48.6 Å². The molecule has 0 fully saturated rings. The number of hydrogen-bond donors (Lipinski definition) is 2. The fourth-order valence-electron chi connectivity index (χ4n) is 4.14. The first-order valence-electron chi connectivity index (χ1n) is 9.65. The van der Waals surface area contributed by atoms with E-state index in [0.29, 0.717) is 0 Å². The molecule has 30 heavy (non-hydrogen) atoms. The van der Waals surface area contributed by atoms with E-state index in [0.717, 1.165) is 31.1 Å². The average Bonchev–Trinajstić information content (AvgIpc) is 3.33. The van der Waals surface area contributed by atoms with E-state index >= 15 is 0 Å². The summed E-state index contributed by atoms with van der Waals surface area (Å²) >= 11 is 7.23. The Morgan fingerprint density at radius 1 is 0.767 bits per heavy atom. The highest BCUT2D eigenvalue weighted by atomic mass is 79.9. The van der Waals surface area contributed by atoms with Gasteiger partial charge in [-0.2, -0.15) is 0 Å². The van der Waals surface area contributed by atoms with Crippen molar-refractivity contribution in [2.24, 2.45) is 0 Å². The van der Waals surface area contributed by atoms with Crippen molar-refractivity contribution in [2.45, 2.75) is 12.8 Å². The van der Waals surface area contributed by atoms with Crippen LogP contribution in [-0.2, 0) is 0 Å². The zero-order valence-electron chi connectivity index (χ0n) is 16.2. The van der Waals surface area contributed by atoms with Gasteiger partial charge in [-0.15, -0.1) is 0 Å². The first-order valence-corrected chi connectivity index (χ1v) is 11.2. The van der Waals surface area contributed by atoms with Crippen LogP contribution in [0, 0.1) is 0 Å². The summed E-state index contributed by atoms with van der Waals surface area (Å²) in [7, 11) is 0. The second-order valence-electron chi connectivity index (χ2n) is 7.48. The lowest BCUT2D eigenvalue weighted by Gasteiger charge is -2.18. The van der Waals surface area contributed by atoms with Crippen molar-refractivity contribution >= 4 is 59.4 Å². The lowest BCUT2D eigenvalue weighted by Crippen LogP contribution is -2.03. The summed E-state index contributed by atoms with van der Waals surface area (Å²) in [5, 5.41) is 2.35. The number of benzene rings is 3. The molecule has 2 N–H and O–H groups in total. The molecule has 5 heteroatoms. The van der Waals surface area contributed by atoms with Gasteiger partial charge in [0.25, 0.3) is 0 Å². The van der Waals surface area contributed by atoms with Gasteiger partial charge in [-0.05, 0) is 60.0 Å². The minimum Gasteiger partial charge on any atom is -0.361 e. The minimum absolute atomic E-state index is 0.0112. The van der Waals surface area contributed by atoms with E-state index in [2.05, 4.69) is 90.6 Å². The molecule has 2 aromatic heterocycles. The second kappa shape index (κ2) is 7.56. The van der Waals surface area contributed by atoms with Gasteiger partial charge >= 0.3 is 0 Å². The number of Topliss-reactive ketones (excluding diaryl/α,β-unsaturated/α-hetero) is 1. The molecule has 3 aromatic carbocycles. The summed E-state index contributed by atoms with van der Waals surface area (Å²) in [5.41, 5.74) is 6.45. The molecule has 0 saturated heterocycles. The van der Waals surface area contributed by atoms with Crippen LogP contribution in [0.25, 0.3) is 21.8 Å². The normalized spacial score (nSPS) is 11.6. The van der Waals surface area contributed by atoms with E-state index in [1.165, 1.54) is 21.9 Å². The van der Waals surface area contributed by atoms with Gasteiger partial charge in [-0.25, -0.2) is 0 Å². The molecule has 0 aliphatic carbocycles. The van der Waals surface area contributed by atoms with Crippen LogP contribution in [0.15, 0.2) is 82.0 Å². The first kappa shape index (κ1) is 19.3. The molecule has 3 nitrogen and oxygen atoms in total. The summed E-state index contributed by atoms with van der Waals surface area (Å²) in [6.45, 7) is 1.60. The van der Waals surface area contributed by atoms with Crippen molar-refractivity contribution < 1.29 is 4.79 Å². The monoisotopic (exact) mass is 520 g/mol. The van der Waals surface area contributed by atoms with Crippen molar-refractivity contribution in [1.82, 2.24) is 9.97 Å². The van der Waals surface area contributed by atoms with Gasteiger partial charge in [-0.3, -0.25) is 4.79 Å². The van der Waals surface area contributed by atoms with Crippen LogP contribution >= 0.6 is 31.9 Å². The number of carbonyl (C=O) groups excluding carboxylic acids is 1. The highest BCUT2D eigenvalue weighted by Crippen LogP contribution is 2.40. The van der Waals surface area contributed by atoms with Crippen LogP contribution in [0.2, 0.25) is 0 Å². The molecule has 0 unspecified atom stereocenters. The molecule has 0 bridgehead atoms. The number of hydrogen-bond acceptors (Lipinski definition) is 1. The van der Waals surface area contributed by atoms with E-state index in [9.17, 15) is 4.79 Å². The number of carbonyl (C=O) groups is 1. The Balaban J connectivity index is 1.78. The number of H-pyrrole nitrogens is 2. The molecule has 0 saturated carbocycles. The molecule has 0 amide bonds. The maximum Gasteiger partial charge on any atom is 0.159 e. The maximum absolute atomic E-state index is 11.8. The zero-order chi connectivity index (χ0) is 20.8. The van der Waals surface area contributed by atoms with Crippen molar-refractivity contribution in [3.63, 3.8) is 0 Å². The fraction of sp³-hybridized carbons (Fsp3) is 0.0800. The Morgan fingerprint density at radius 2 is 1.27 bits per heavy atom. The van der Waals surface area contributed by atoms with Crippen LogP contribution < -0.4 is 0 Å². The third-order valence-corrected chi connectivity index (χ3v) is 6.61. The Kier molecular flexibility index (Phi) is 4.88. The molecule has 0 aliphatic heterocycles. The number of rotatable bonds is 4. The van der Waals surface area contributed by atoms with Gasteiger partial charge in [0.1, 0.15) is 0 Å². The highest BCUT2D eigenvalue weighted by Gasteiger charge is 2.23. The fourth-order valence-corrected chi connectivity index (χ4v) is 4.87. The molecule has 0 radical (unpaired) electrons. The molecule has 5 aromatic rings. The molecular formula is C25H18Br2N2O. The van der Waals surface area contributed by atoms with Gasteiger partial charge < -0.3 is 9.97 Å². The van der Waals surface area contributed by atoms with Gasteiger partial charge in [0.2, 0.25) is 0 Å². The predicted octanol–water partition coefficient (Wildman–Crippen LogP) is 7.56. The van der Waals surface area contributed by atoms with Gasteiger partial charge in [-0.1, -0.05) is 56.1 Å². The number of nitrogens with one attached hydrogen (secondary N) is 2. The van der Waals surface area contributed by atoms with E-state index in [4.69, 9.17) is 0 Å². The number of aromatic nitrogens is 2. The van der Waals surface area contributed by atoms with Crippen LogP contribution in [0.5, 0.6) is 0 Å². The first-order chi connectivity index (χ1) is 14.5. The third kappa shape index (κ3) is 3.32. The molecular weight excluding hydrogens is 504 g/mol. The second-order valence-corrected chi connectivity index (χ2v) is 9.31.